The summed E-state index contributed by atoms with van der Waals surface area (Å²) in [5.74, 6) is 0.482. The minimum Gasteiger partial charge on any atom is -0.349 e. The van der Waals surface area contributed by atoms with Crippen molar-refractivity contribution in [3.05, 3.63) is 11.4 Å². The van der Waals surface area contributed by atoms with E-state index in [1.54, 1.807) is 0 Å². The van der Waals surface area contributed by atoms with E-state index < -0.39 is 0 Å². The van der Waals surface area contributed by atoms with E-state index in [1.807, 2.05) is 20.8 Å². The van der Waals surface area contributed by atoms with Crippen LogP contribution in [0.2, 0.25) is 0 Å². The van der Waals surface area contributed by atoms with Crippen molar-refractivity contribution >= 4 is 5.95 Å². The average molecular weight is 191 g/mol. The zero-order valence-corrected chi connectivity index (χ0v) is 8.57. The van der Waals surface area contributed by atoms with Crippen molar-refractivity contribution < 1.29 is 0 Å². The van der Waals surface area contributed by atoms with Gasteiger partial charge in [-0.1, -0.05) is 0 Å². The van der Waals surface area contributed by atoms with Crippen LogP contribution in [-0.2, 0) is 0 Å². The molecule has 0 aliphatic carbocycles. The lowest BCUT2D eigenvalue weighted by Gasteiger charge is -2.09. The molecule has 0 saturated carbocycles. The molecule has 0 fully saturated rings. The van der Waals surface area contributed by atoms with Gasteiger partial charge < -0.3 is 5.32 Å². The Labute approximate surface area is 83.2 Å². The van der Waals surface area contributed by atoms with Crippen molar-refractivity contribution in [3.8, 4) is 6.07 Å². The first-order valence-corrected chi connectivity index (χ1v) is 4.45. The zero-order chi connectivity index (χ0) is 10.6. The highest BCUT2D eigenvalue weighted by molar-refractivity contribution is 5.26. The number of rotatable bonds is 3. The molecule has 5 heteroatoms. The van der Waals surface area contributed by atoms with E-state index in [9.17, 15) is 0 Å². The number of nitriles is 1. The Hall–Kier alpha value is -1.70. The van der Waals surface area contributed by atoms with Gasteiger partial charge in [-0.25, -0.2) is 4.98 Å². The molecule has 1 N–H and O–H groups in total. The first-order chi connectivity index (χ1) is 6.63. The molecular weight excluding hydrogens is 178 g/mol. The molecular formula is C9H13N5. The van der Waals surface area contributed by atoms with Gasteiger partial charge in [0.1, 0.15) is 0 Å². The molecule has 0 aliphatic heterocycles. The van der Waals surface area contributed by atoms with Gasteiger partial charge in [-0.3, -0.25) is 0 Å². The predicted molar refractivity (Wildman–Crippen MR) is 52.6 cm³/mol. The molecule has 1 heterocycles. The van der Waals surface area contributed by atoms with Crippen LogP contribution >= 0.6 is 0 Å². The number of aromatic nitrogens is 3. The smallest absolute Gasteiger partial charge is 0.243 e. The fourth-order valence-corrected chi connectivity index (χ4v) is 0.926. The maximum absolute atomic E-state index is 8.47. The third-order valence-electron chi connectivity index (χ3n) is 1.86. The second kappa shape index (κ2) is 4.51. The normalized spacial score (nSPS) is 11.9. The Morgan fingerprint density at radius 2 is 2.07 bits per heavy atom. The molecule has 0 aliphatic rings. The second-order valence-corrected chi connectivity index (χ2v) is 3.21. The molecule has 0 amide bonds. The summed E-state index contributed by atoms with van der Waals surface area (Å²) in [4.78, 5) is 4.20. The lowest BCUT2D eigenvalue weighted by Crippen LogP contribution is -2.17. The van der Waals surface area contributed by atoms with E-state index in [0.717, 1.165) is 11.4 Å². The van der Waals surface area contributed by atoms with Gasteiger partial charge in [0.25, 0.3) is 0 Å². The molecule has 1 atom stereocenters. The van der Waals surface area contributed by atoms with Crippen LogP contribution in [0.3, 0.4) is 0 Å². The quantitative estimate of drug-likeness (QED) is 0.777. The average Bonchev–Trinajstić information content (AvgIpc) is 2.12. The minimum atomic E-state index is 0.0453. The topological polar surface area (TPSA) is 74.5 Å². The second-order valence-electron chi connectivity index (χ2n) is 3.21. The van der Waals surface area contributed by atoms with E-state index in [1.165, 1.54) is 0 Å². The fourth-order valence-electron chi connectivity index (χ4n) is 0.926. The van der Waals surface area contributed by atoms with Crippen molar-refractivity contribution in [3.63, 3.8) is 0 Å². The van der Waals surface area contributed by atoms with Crippen LogP contribution < -0.4 is 5.32 Å². The van der Waals surface area contributed by atoms with Crippen LogP contribution in [0.4, 0.5) is 5.95 Å². The molecule has 74 valence electrons. The van der Waals surface area contributed by atoms with Crippen LogP contribution in [-0.4, -0.2) is 21.2 Å². The molecule has 0 saturated heterocycles. The van der Waals surface area contributed by atoms with Crippen molar-refractivity contribution in [2.45, 2.75) is 33.2 Å². The summed E-state index contributed by atoms with van der Waals surface area (Å²) in [6, 6.07) is 2.12. The Morgan fingerprint density at radius 3 is 2.64 bits per heavy atom. The van der Waals surface area contributed by atoms with Crippen molar-refractivity contribution in [1.29, 1.82) is 5.26 Å². The van der Waals surface area contributed by atoms with Gasteiger partial charge in [-0.15, -0.1) is 5.10 Å². The molecule has 5 nitrogen and oxygen atoms in total. The van der Waals surface area contributed by atoms with E-state index in [4.69, 9.17) is 5.26 Å². The lowest BCUT2D eigenvalue weighted by atomic mass is 10.2. The van der Waals surface area contributed by atoms with Gasteiger partial charge in [0.15, 0.2) is 0 Å². The van der Waals surface area contributed by atoms with Gasteiger partial charge in [0.2, 0.25) is 5.95 Å². The number of hydrogen-bond acceptors (Lipinski definition) is 5. The Morgan fingerprint density at radius 1 is 1.36 bits per heavy atom. The summed E-state index contributed by atoms with van der Waals surface area (Å²) in [5, 5.41) is 19.3. The van der Waals surface area contributed by atoms with Crippen LogP contribution in [0.25, 0.3) is 0 Å². The monoisotopic (exact) mass is 191 g/mol. The maximum Gasteiger partial charge on any atom is 0.243 e. The number of aryl methyl sites for hydroxylation is 2. The van der Waals surface area contributed by atoms with Gasteiger partial charge in [-0.05, 0) is 20.8 Å². The van der Waals surface area contributed by atoms with Crippen LogP contribution in [0.15, 0.2) is 0 Å². The molecule has 0 radical (unpaired) electrons. The van der Waals surface area contributed by atoms with Crippen LogP contribution in [0, 0.1) is 25.2 Å². The molecule has 1 rings (SSSR count). The standard InChI is InChI=1S/C9H13N5/c1-6(4-5-10)11-9-12-7(2)8(3)13-14-9/h6H,4H2,1-3H3,(H,11,12,14). The van der Waals surface area contributed by atoms with Gasteiger partial charge in [0.05, 0.1) is 23.9 Å². The number of nitrogens with zero attached hydrogens (tertiary/aromatic N) is 4. The summed E-state index contributed by atoms with van der Waals surface area (Å²) in [7, 11) is 0. The van der Waals surface area contributed by atoms with Crippen molar-refractivity contribution in [2.75, 3.05) is 5.32 Å². The van der Waals surface area contributed by atoms with Crippen molar-refractivity contribution in [2.24, 2.45) is 0 Å². The lowest BCUT2D eigenvalue weighted by molar-refractivity contribution is 0.784. The molecule has 1 aromatic heterocycles. The highest BCUT2D eigenvalue weighted by Crippen LogP contribution is 2.04. The van der Waals surface area contributed by atoms with Crippen LogP contribution in [0.5, 0.6) is 0 Å². The first-order valence-electron chi connectivity index (χ1n) is 4.45. The third-order valence-corrected chi connectivity index (χ3v) is 1.86. The Balaban J connectivity index is 2.69. The summed E-state index contributed by atoms with van der Waals surface area (Å²) in [6.07, 6.45) is 0.427. The van der Waals surface area contributed by atoms with Crippen LogP contribution in [0.1, 0.15) is 24.7 Å². The molecule has 0 aromatic carbocycles. The van der Waals surface area contributed by atoms with Crippen molar-refractivity contribution in [1.82, 2.24) is 15.2 Å². The molecule has 0 bridgehead atoms. The summed E-state index contributed by atoms with van der Waals surface area (Å²) < 4.78 is 0. The van der Waals surface area contributed by atoms with E-state index in [-0.39, 0.29) is 6.04 Å². The highest BCUT2D eigenvalue weighted by atomic mass is 15.2. The summed E-state index contributed by atoms with van der Waals surface area (Å²) in [5.41, 5.74) is 1.68. The predicted octanol–water partition coefficient (Wildman–Crippen LogP) is 1.20. The molecule has 1 aromatic rings. The Bertz CT molecular complexity index is 355. The summed E-state index contributed by atoms with van der Waals surface area (Å²) >= 11 is 0. The number of hydrogen-bond donors (Lipinski definition) is 1. The van der Waals surface area contributed by atoms with Gasteiger partial charge >= 0.3 is 0 Å². The zero-order valence-electron chi connectivity index (χ0n) is 8.57. The number of anilines is 1. The Kier molecular flexibility index (Phi) is 3.35. The summed E-state index contributed by atoms with van der Waals surface area (Å²) in [6.45, 7) is 5.64. The molecule has 0 spiro atoms. The van der Waals surface area contributed by atoms with E-state index in [0.29, 0.717) is 12.4 Å². The van der Waals surface area contributed by atoms with E-state index >= 15 is 0 Å². The fraction of sp³-hybridized carbons (Fsp3) is 0.556. The first kappa shape index (κ1) is 10.4. The highest BCUT2D eigenvalue weighted by Gasteiger charge is 2.05. The van der Waals surface area contributed by atoms with Gasteiger partial charge in [-0.2, -0.15) is 10.4 Å². The van der Waals surface area contributed by atoms with Gasteiger partial charge in [0, 0.05) is 6.04 Å². The SMILES string of the molecule is Cc1nnc(NC(C)CC#N)nc1C. The van der Waals surface area contributed by atoms with E-state index in [2.05, 4.69) is 26.6 Å². The molecule has 1 unspecified atom stereocenters. The largest absolute Gasteiger partial charge is 0.349 e. The number of nitrogens with one attached hydrogen (secondary N) is 1. The third kappa shape index (κ3) is 2.66. The maximum atomic E-state index is 8.47. The minimum absolute atomic E-state index is 0.0453. The molecule has 14 heavy (non-hydrogen) atoms.